The number of anilines is 1. The van der Waals surface area contributed by atoms with Crippen molar-refractivity contribution >= 4 is 5.95 Å². The van der Waals surface area contributed by atoms with E-state index in [4.69, 9.17) is 10.6 Å². The third-order valence-electron chi connectivity index (χ3n) is 2.89. The fourth-order valence-corrected chi connectivity index (χ4v) is 2.05. The number of aromatic nitrogens is 2. The summed E-state index contributed by atoms with van der Waals surface area (Å²) >= 11 is 0. The lowest BCUT2D eigenvalue weighted by atomic mass is 10.2. The van der Waals surface area contributed by atoms with Crippen molar-refractivity contribution in [2.75, 3.05) is 18.6 Å². The van der Waals surface area contributed by atoms with Crippen LogP contribution in [0.3, 0.4) is 0 Å². The van der Waals surface area contributed by atoms with E-state index in [0.717, 1.165) is 12.2 Å². The van der Waals surface area contributed by atoms with Gasteiger partial charge in [0.25, 0.3) is 0 Å². The largest absolute Gasteiger partial charge is 0.476 e. The first-order valence-electron chi connectivity index (χ1n) is 6.65. The monoisotopic (exact) mass is 267 g/mol. The van der Waals surface area contributed by atoms with Crippen LogP contribution in [0.4, 0.5) is 5.95 Å². The predicted molar refractivity (Wildman–Crippen MR) is 77.1 cm³/mol. The molecule has 0 spiro atoms. The van der Waals surface area contributed by atoms with Crippen LogP contribution in [0.5, 0.6) is 5.88 Å². The summed E-state index contributed by atoms with van der Waals surface area (Å²) in [4.78, 5) is 10.6. The van der Waals surface area contributed by atoms with Gasteiger partial charge in [-0.1, -0.05) is 0 Å². The quantitative estimate of drug-likeness (QED) is 0.577. The van der Waals surface area contributed by atoms with Crippen LogP contribution >= 0.6 is 0 Å². The lowest BCUT2D eigenvalue weighted by Crippen LogP contribution is -2.39. The highest BCUT2D eigenvalue weighted by Gasteiger charge is 2.13. The summed E-state index contributed by atoms with van der Waals surface area (Å²) in [5, 5.41) is 0. The van der Waals surface area contributed by atoms with Crippen molar-refractivity contribution in [1.82, 2.24) is 14.9 Å². The predicted octanol–water partition coefficient (Wildman–Crippen LogP) is 1.57. The second-order valence-electron chi connectivity index (χ2n) is 5.09. The molecule has 108 valence electrons. The van der Waals surface area contributed by atoms with Gasteiger partial charge in [-0.3, -0.25) is 10.3 Å². The van der Waals surface area contributed by atoms with E-state index < -0.39 is 0 Å². The van der Waals surface area contributed by atoms with Crippen LogP contribution in [0.2, 0.25) is 0 Å². The summed E-state index contributed by atoms with van der Waals surface area (Å²) < 4.78 is 5.67. The van der Waals surface area contributed by atoms with Gasteiger partial charge in [-0.05, 0) is 34.6 Å². The van der Waals surface area contributed by atoms with Gasteiger partial charge in [-0.15, -0.1) is 0 Å². The zero-order valence-electron chi connectivity index (χ0n) is 12.5. The average molecular weight is 267 g/mol. The van der Waals surface area contributed by atoms with E-state index >= 15 is 0 Å². The molecule has 3 N–H and O–H groups in total. The molecule has 6 heteroatoms. The maximum atomic E-state index is 5.67. The molecule has 0 unspecified atom stereocenters. The van der Waals surface area contributed by atoms with Gasteiger partial charge < -0.3 is 4.74 Å². The minimum atomic E-state index is 0.375. The second-order valence-corrected chi connectivity index (χ2v) is 5.09. The first kappa shape index (κ1) is 15.7. The van der Waals surface area contributed by atoms with Gasteiger partial charge in [0, 0.05) is 30.4 Å². The molecule has 1 rings (SSSR count). The number of nitrogens with two attached hydrogens (primary N) is 1. The van der Waals surface area contributed by atoms with E-state index in [9.17, 15) is 0 Å². The number of nitrogens with zero attached hydrogens (tertiary/aromatic N) is 3. The average Bonchev–Trinajstić information content (AvgIpc) is 2.32. The maximum absolute atomic E-state index is 5.67. The molecule has 6 nitrogen and oxygen atoms in total. The van der Waals surface area contributed by atoms with Gasteiger partial charge in [0.05, 0.1) is 0 Å². The molecule has 0 aliphatic heterocycles. The van der Waals surface area contributed by atoms with E-state index in [1.165, 1.54) is 0 Å². The van der Waals surface area contributed by atoms with Crippen molar-refractivity contribution in [2.24, 2.45) is 5.84 Å². The Morgan fingerprint density at radius 1 is 1.26 bits per heavy atom. The van der Waals surface area contributed by atoms with Gasteiger partial charge in [0.15, 0.2) is 0 Å². The van der Waals surface area contributed by atoms with Gasteiger partial charge in [0.1, 0.15) is 6.61 Å². The van der Waals surface area contributed by atoms with Gasteiger partial charge in [-0.2, -0.15) is 4.98 Å². The van der Waals surface area contributed by atoms with Crippen LogP contribution in [-0.4, -0.2) is 40.1 Å². The third kappa shape index (κ3) is 5.00. The fraction of sp³-hybridized carbons (Fsp3) is 0.692. The Bertz CT molecular complexity index is 387. The van der Waals surface area contributed by atoms with E-state index in [-0.39, 0.29) is 0 Å². The molecule has 0 saturated heterocycles. The van der Waals surface area contributed by atoms with Crippen LogP contribution in [0.25, 0.3) is 0 Å². The Balaban J connectivity index is 2.55. The number of nitrogen functional groups attached to an aromatic ring is 1. The second kappa shape index (κ2) is 7.25. The summed E-state index contributed by atoms with van der Waals surface area (Å²) in [5.41, 5.74) is 3.25. The van der Waals surface area contributed by atoms with E-state index in [0.29, 0.717) is 30.5 Å². The summed E-state index contributed by atoms with van der Waals surface area (Å²) in [7, 11) is 0. The van der Waals surface area contributed by atoms with Crippen molar-refractivity contribution in [2.45, 2.75) is 46.7 Å². The van der Waals surface area contributed by atoms with Crippen LogP contribution in [0.1, 0.15) is 33.4 Å². The SMILES string of the molecule is Cc1cc(OCCN(C(C)C)C(C)C)nc(NN)n1. The first-order valence-corrected chi connectivity index (χ1v) is 6.65. The highest BCUT2D eigenvalue weighted by molar-refractivity contribution is 5.28. The van der Waals surface area contributed by atoms with Gasteiger partial charge in [-0.25, -0.2) is 10.8 Å². The number of hydrogen-bond acceptors (Lipinski definition) is 6. The Kier molecular flexibility index (Phi) is 5.98. The van der Waals surface area contributed by atoms with Crippen LogP contribution in [0.15, 0.2) is 6.07 Å². The molecule has 19 heavy (non-hydrogen) atoms. The fourth-order valence-electron chi connectivity index (χ4n) is 2.05. The van der Waals surface area contributed by atoms with Crippen LogP contribution in [-0.2, 0) is 0 Å². The summed E-state index contributed by atoms with van der Waals surface area (Å²) in [5.74, 6) is 6.23. The zero-order chi connectivity index (χ0) is 14.4. The molecule has 0 aromatic carbocycles. The molecule has 0 amide bonds. The zero-order valence-corrected chi connectivity index (χ0v) is 12.5. The minimum absolute atomic E-state index is 0.375. The molecule has 0 saturated carbocycles. The summed E-state index contributed by atoms with van der Waals surface area (Å²) in [6.45, 7) is 12.1. The Morgan fingerprint density at radius 2 is 1.89 bits per heavy atom. The molecule has 0 aliphatic carbocycles. The Labute approximate surface area is 115 Å². The maximum Gasteiger partial charge on any atom is 0.240 e. The van der Waals surface area contributed by atoms with Gasteiger partial charge in [0.2, 0.25) is 11.8 Å². The summed E-state index contributed by atoms with van der Waals surface area (Å²) in [6.07, 6.45) is 0. The van der Waals surface area contributed by atoms with Gasteiger partial charge >= 0.3 is 0 Å². The lowest BCUT2D eigenvalue weighted by molar-refractivity contribution is 0.140. The molecule has 0 aliphatic rings. The van der Waals surface area contributed by atoms with Crippen molar-refractivity contribution in [3.63, 3.8) is 0 Å². The number of hydrazine groups is 1. The molecule has 0 radical (unpaired) electrons. The van der Waals surface area contributed by atoms with E-state index in [1.54, 1.807) is 6.07 Å². The Hall–Kier alpha value is -1.40. The number of ether oxygens (including phenoxy) is 1. The van der Waals surface area contributed by atoms with Crippen molar-refractivity contribution in [3.05, 3.63) is 11.8 Å². The highest BCUT2D eigenvalue weighted by atomic mass is 16.5. The minimum Gasteiger partial charge on any atom is -0.476 e. The lowest BCUT2D eigenvalue weighted by Gasteiger charge is -2.30. The summed E-state index contributed by atoms with van der Waals surface area (Å²) in [6, 6.07) is 2.80. The van der Waals surface area contributed by atoms with E-state index in [1.807, 2.05) is 6.92 Å². The topological polar surface area (TPSA) is 76.3 Å². The smallest absolute Gasteiger partial charge is 0.240 e. The number of aryl methyl sites for hydroxylation is 1. The number of rotatable bonds is 7. The Morgan fingerprint density at radius 3 is 2.42 bits per heavy atom. The molecule has 0 atom stereocenters. The number of hydrogen-bond donors (Lipinski definition) is 2. The molecule has 1 heterocycles. The highest BCUT2D eigenvalue weighted by Crippen LogP contribution is 2.12. The standard InChI is InChI=1S/C13H25N5O/c1-9(2)18(10(3)4)6-7-19-12-8-11(5)15-13(16-12)17-14/h8-10H,6-7,14H2,1-5H3,(H,15,16,17). The van der Waals surface area contributed by atoms with Crippen molar-refractivity contribution in [3.8, 4) is 5.88 Å². The molecule has 0 fully saturated rings. The normalized spacial score (nSPS) is 11.4. The number of nitrogens with one attached hydrogen (secondary N) is 1. The van der Waals surface area contributed by atoms with Crippen LogP contribution in [0, 0.1) is 6.92 Å². The first-order chi connectivity index (χ1) is 8.93. The van der Waals surface area contributed by atoms with Crippen LogP contribution < -0.4 is 16.0 Å². The van der Waals surface area contributed by atoms with E-state index in [2.05, 4.69) is 48.0 Å². The molecular formula is C13H25N5O. The molecule has 1 aromatic heterocycles. The third-order valence-corrected chi connectivity index (χ3v) is 2.89. The molecule has 1 aromatic rings. The van der Waals surface area contributed by atoms with Crippen molar-refractivity contribution in [1.29, 1.82) is 0 Å². The molecular weight excluding hydrogens is 242 g/mol. The van der Waals surface area contributed by atoms with Crippen molar-refractivity contribution < 1.29 is 4.74 Å². The molecule has 0 bridgehead atoms.